The molecule has 166 valence electrons. The number of aryl methyl sites for hydroxylation is 2. The van der Waals surface area contributed by atoms with Gasteiger partial charge in [0.1, 0.15) is 5.82 Å². The van der Waals surface area contributed by atoms with Crippen molar-refractivity contribution in [2.24, 2.45) is 0 Å². The predicted molar refractivity (Wildman–Crippen MR) is 136 cm³/mol. The molecule has 9 heteroatoms. The first-order valence-electron chi connectivity index (χ1n) is 10.3. The fourth-order valence-corrected chi connectivity index (χ4v) is 4.12. The van der Waals surface area contributed by atoms with Crippen molar-refractivity contribution >= 4 is 45.7 Å². The van der Waals surface area contributed by atoms with E-state index in [1.807, 2.05) is 32.0 Å². The molecule has 0 radical (unpaired) electrons. The van der Waals surface area contributed by atoms with Crippen LogP contribution in [0.4, 0.5) is 28.3 Å². The van der Waals surface area contributed by atoms with E-state index in [2.05, 4.69) is 26.7 Å². The molecule has 0 unspecified atom stereocenters. The first kappa shape index (κ1) is 22.5. The molecule has 0 aliphatic rings. The van der Waals surface area contributed by atoms with E-state index in [1.54, 1.807) is 42.7 Å². The molecule has 0 bridgehead atoms. The summed E-state index contributed by atoms with van der Waals surface area (Å²) < 4.78 is 0. The van der Waals surface area contributed by atoms with Crippen molar-refractivity contribution in [3.63, 3.8) is 0 Å². The summed E-state index contributed by atoms with van der Waals surface area (Å²) in [5.74, 6) is 0.999. The molecule has 0 spiro atoms. The van der Waals surface area contributed by atoms with Crippen molar-refractivity contribution in [3.8, 4) is 22.6 Å². The van der Waals surface area contributed by atoms with Crippen LogP contribution in [0, 0.1) is 36.5 Å². The smallest absolute Gasteiger partial charge is 0.229 e. The fourth-order valence-electron chi connectivity index (χ4n) is 3.43. The minimum absolute atomic E-state index is 0.400. The van der Waals surface area contributed by atoms with Gasteiger partial charge in [0, 0.05) is 29.8 Å². The van der Waals surface area contributed by atoms with Gasteiger partial charge < -0.3 is 16.4 Å². The molecule has 34 heavy (non-hydrogen) atoms. The van der Waals surface area contributed by atoms with Crippen LogP contribution in [0.5, 0.6) is 0 Å². The summed E-state index contributed by atoms with van der Waals surface area (Å²) in [7, 11) is 0. The van der Waals surface area contributed by atoms with Crippen molar-refractivity contribution in [2.45, 2.75) is 13.8 Å². The van der Waals surface area contributed by atoms with Gasteiger partial charge in [0.05, 0.1) is 28.1 Å². The summed E-state index contributed by atoms with van der Waals surface area (Å²) in [5, 5.41) is 24.9. The van der Waals surface area contributed by atoms with Crippen LogP contribution < -0.4 is 16.4 Å². The standard InChI is InChI=1S/C25H20N8S/c1-15-10-18(4-3-9-26)11-16(2)22(15)32-23-20(21-14-29-24(28)34-21)13-30-25(33-23)31-19-7-5-17(12-27)6-8-19/h3-8,10-11,13-14H,1-2H3,(H2,28,29)(H2,30,31,32,33)/b4-3+. The molecule has 0 atom stereocenters. The minimum Gasteiger partial charge on any atom is -0.375 e. The average molecular weight is 465 g/mol. The van der Waals surface area contributed by atoms with Gasteiger partial charge in [0.15, 0.2) is 5.13 Å². The van der Waals surface area contributed by atoms with E-state index in [4.69, 9.17) is 21.2 Å². The van der Waals surface area contributed by atoms with Gasteiger partial charge >= 0.3 is 0 Å². The summed E-state index contributed by atoms with van der Waals surface area (Å²) in [6.07, 6.45) is 6.66. The lowest BCUT2D eigenvalue weighted by atomic mass is 10.0. The van der Waals surface area contributed by atoms with Gasteiger partial charge in [-0.1, -0.05) is 11.3 Å². The van der Waals surface area contributed by atoms with Gasteiger partial charge in [0.2, 0.25) is 5.95 Å². The lowest BCUT2D eigenvalue weighted by Crippen LogP contribution is -2.04. The highest BCUT2D eigenvalue weighted by Gasteiger charge is 2.15. The molecule has 0 aliphatic heterocycles. The quantitative estimate of drug-likeness (QED) is 0.309. The van der Waals surface area contributed by atoms with Crippen molar-refractivity contribution in [1.29, 1.82) is 10.5 Å². The largest absolute Gasteiger partial charge is 0.375 e. The number of hydrogen-bond acceptors (Lipinski definition) is 9. The molecule has 4 rings (SSSR count). The zero-order valence-electron chi connectivity index (χ0n) is 18.5. The lowest BCUT2D eigenvalue weighted by molar-refractivity contribution is 1.16. The first-order chi connectivity index (χ1) is 16.5. The molecule has 0 aliphatic carbocycles. The van der Waals surface area contributed by atoms with Crippen molar-refractivity contribution < 1.29 is 0 Å². The molecule has 2 heterocycles. The second-order valence-corrected chi connectivity index (χ2v) is 8.51. The van der Waals surface area contributed by atoms with Gasteiger partial charge in [-0.25, -0.2) is 9.97 Å². The van der Waals surface area contributed by atoms with Gasteiger partial charge in [-0.3, -0.25) is 0 Å². The number of thiazole rings is 1. The summed E-state index contributed by atoms with van der Waals surface area (Å²) in [6, 6.07) is 15.2. The Morgan fingerprint density at radius 3 is 2.35 bits per heavy atom. The lowest BCUT2D eigenvalue weighted by Gasteiger charge is -2.16. The van der Waals surface area contributed by atoms with E-state index >= 15 is 0 Å². The Morgan fingerprint density at radius 1 is 1.00 bits per heavy atom. The summed E-state index contributed by atoms with van der Waals surface area (Å²) in [6.45, 7) is 4.00. The number of nitrogens with one attached hydrogen (secondary N) is 2. The van der Waals surface area contributed by atoms with Crippen LogP contribution in [0.25, 0.3) is 16.5 Å². The zero-order chi connectivity index (χ0) is 24.1. The number of hydrogen-bond donors (Lipinski definition) is 3. The topological polar surface area (TPSA) is 136 Å². The highest BCUT2D eigenvalue weighted by Crippen LogP contribution is 2.35. The highest BCUT2D eigenvalue weighted by atomic mass is 32.1. The number of nitriles is 2. The Kier molecular flexibility index (Phi) is 6.49. The van der Waals surface area contributed by atoms with E-state index in [1.165, 1.54) is 17.4 Å². The van der Waals surface area contributed by atoms with E-state index < -0.39 is 0 Å². The SMILES string of the molecule is Cc1cc(/C=C/C#N)cc(C)c1Nc1nc(Nc2ccc(C#N)cc2)ncc1-c1cnc(N)s1. The maximum absolute atomic E-state index is 9.01. The van der Waals surface area contributed by atoms with E-state index in [9.17, 15) is 0 Å². The van der Waals surface area contributed by atoms with Crippen LogP contribution in [-0.2, 0) is 0 Å². The summed E-state index contributed by atoms with van der Waals surface area (Å²) in [4.78, 5) is 14.2. The van der Waals surface area contributed by atoms with E-state index in [0.717, 1.165) is 38.5 Å². The third kappa shape index (κ3) is 5.01. The van der Waals surface area contributed by atoms with Crippen LogP contribution in [0.15, 0.2) is 54.9 Å². The van der Waals surface area contributed by atoms with Crippen LogP contribution in [-0.4, -0.2) is 15.0 Å². The molecule has 4 aromatic rings. The van der Waals surface area contributed by atoms with Gasteiger partial charge in [-0.05, 0) is 73.0 Å². The first-order valence-corrected chi connectivity index (χ1v) is 11.1. The number of anilines is 5. The molecule has 2 aromatic carbocycles. The van der Waals surface area contributed by atoms with Crippen molar-refractivity contribution in [2.75, 3.05) is 16.4 Å². The molecule has 0 saturated carbocycles. The molecule has 0 saturated heterocycles. The summed E-state index contributed by atoms with van der Waals surface area (Å²) in [5.41, 5.74) is 11.8. The van der Waals surface area contributed by atoms with E-state index in [0.29, 0.717) is 22.5 Å². The second kappa shape index (κ2) is 9.82. The van der Waals surface area contributed by atoms with Gasteiger partial charge in [-0.2, -0.15) is 15.5 Å². The maximum Gasteiger partial charge on any atom is 0.229 e. The minimum atomic E-state index is 0.400. The monoisotopic (exact) mass is 464 g/mol. The summed E-state index contributed by atoms with van der Waals surface area (Å²) >= 11 is 1.36. The number of nitrogen functional groups attached to an aromatic ring is 1. The Hall–Kier alpha value is -4.73. The molecular weight excluding hydrogens is 444 g/mol. The number of nitrogens with two attached hydrogens (primary N) is 1. The maximum atomic E-state index is 9.01. The second-order valence-electron chi connectivity index (χ2n) is 7.45. The Bertz CT molecular complexity index is 1430. The van der Waals surface area contributed by atoms with Gasteiger partial charge in [0.25, 0.3) is 0 Å². The molecule has 0 amide bonds. The van der Waals surface area contributed by atoms with Gasteiger partial charge in [-0.15, -0.1) is 0 Å². The predicted octanol–water partition coefficient (Wildman–Crippen LogP) is 5.69. The normalized spacial score (nSPS) is 10.6. The van der Waals surface area contributed by atoms with Crippen molar-refractivity contribution in [3.05, 3.63) is 77.1 Å². The third-order valence-corrected chi connectivity index (χ3v) is 5.86. The van der Waals surface area contributed by atoms with Crippen LogP contribution in [0.3, 0.4) is 0 Å². The van der Waals surface area contributed by atoms with Crippen LogP contribution in [0.2, 0.25) is 0 Å². The fraction of sp³-hybridized carbons (Fsp3) is 0.0800. The number of benzene rings is 2. The number of rotatable bonds is 6. The number of aromatic nitrogens is 3. The molecule has 2 aromatic heterocycles. The zero-order valence-corrected chi connectivity index (χ0v) is 19.3. The number of nitrogens with zero attached hydrogens (tertiary/aromatic N) is 5. The Labute approximate surface area is 201 Å². The van der Waals surface area contributed by atoms with Crippen molar-refractivity contribution in [1.82, 2.24) is 15.0 Å². The molecule has 0 fully saturated rings. The molecular formula is C25H20N8S. The average Bonchev–Trinajstić information content (AvgIpc) is 3.26. The van der Waals surface area contributed by atoms with Crippen LogP contribution in [0.1, 0.15) is 22.3 Å². The number of allylic oxidation sites excluding steroid dienone is 1. The molecule has 4 N–H and O–H groups in total. The van der Waals surface area contributed by atoms with Crippen LogP contribution >= 0.6 is 11.3 Å². The highest BCUT2D eigenvalue weighted by molar-refractivity contribution is 7.18. The Morgan fingerprint density at radius 2 is 1.74 bits per heavy atom. The Balaban J connectivity index is 1.73. The van der Waals surface area contributed by atoms with E-state index in [-0.39, 0.29) is 0 Å². The molecule has 8 nitrogen and oxygen atoms in total. The third-order valence-electron chi connectivity index (χ3n) is 5.00.